The van der Waals surface area contributed by atoms with Gasteiger partial charge >= 0.3 is 12.1 Å². The first-order valence-corrected chi connectivity index (χ1v) is 31.2. The lowest BCUT2D eigenvalue weighted by Gasteiger charge is -2.45. The summed E-state index contributed by atoms with van der Waals surface area (Å²) in [4.78, 5) is 78.3. The molecule has 438 valence electrons. The zero-order chi connectivity index (χ0) is 59.3. The van der Waals surface area contributed by atoms with Crippen LogP contribution in [0, 0.1) is 5.92 Å². The van der Waals surface area contributed by atoms with Crippen molar-refractivity contribution in [2.24, 2.45) is 13.0 Å². The smallest absolute Gasteiger partial charge is 0.407 e. The second kappa shape index (κ2) is 28.1. The quantitative estimate of drug-likeness (QED) is 0.0346. The van der Waals surface area contributed by atoms with Crippen LogP contribution < -0.4 is 26.0 Å². The van der Waals surface area contributed by atoms with E-state index in [9.17, 15) is 24.3 Å². The molecule has 4 amide bonds. The number of likely N-dealkylation sites (tertiary alicyclic amines) is 1. The summed E-state index contributed by atoms with van der Waals surface area (Å²) in [6.45, 7) is 16.8. The molecule has 1 fully saturated rings. The van der Waals surface area contributed by atoms with Crippen LogP contribution in [-0.2, 0) is 61.3 Å². The fraction of sp³-hybridized carbons (Fsp3) is 0.475. The molecule has 5 N–H and O–H groups in total. The van der Waals surface area contributed by atoms with Crippen molar-refractivity contribution in [3.05, 3.63) is 136 Å². The lowest BCUT2D eigenvalue weighted by molar-refractivity contribution is -0.146. The SMILES string of the molecule is CN(C)Cc1ncc(-c2ccc(Oc3cc(Cl)ccc3CN[C@@H](CCNC(=O)OC(C)(C)C)C(=O)N[C@@H](CO[Si](C)(C)C(C)(C)C)C(=O)N[C@@]3(Cc4ccc(Cl)cc4)CCCN(C(=O)[C@@H](CC(=O)O)Cc4ccccc4)C3)cc2)n1C. The van der Waals surface area contributed by atoms with E-state index in [-0.39, 0.29) is 56.4 Å². The normalized spacial score (nSPS) is 16.0. The Kier molecular flexibility index (Phi) is 22.2. The molecule has 6 rings (SSSR count). The molecular weight excluding hydrogens is 1090 g/mol. The van der Waals surface area contributed by atoms with E-state index in [0.717, 1.165) is 28.2 Å². The van der Waals surface area contributed by atoms with E-state index < -0.39 is 61.3 Å². The average molecular weight is 1170 g/mol. The van der Waals surface area contributed by atoms with Gasteiger partial charge in [0.1, 0.15) is 29.0 Å². The van der Waals surface area contributed by atoms with Crippen LogP contribution in [0.15, 0.2) is 103 Å². The van der Waals surface area contributed by atoms with Crippen LogP contribution >= 0.6 is 23.2 Å². The maximum atomic E-state index is 15.3. The number of aromatic nitrogens is 2. The van der Waals surface area contributed by atoms with E-state index in [4.69, 9.17) is 37.1 Å². The Morgan fingerprint density at radius 1 is 0.864 bits per heavy atom. The third kappa shape index (κ3) is 19.1. The number of aliphatic carboxylic acids is 1. The molecule has 1 aliphatic heterocycles. The molecule has 4 aromatic carbocycles. The van der Waals surface area contributed by atoms with Crippen molar-refractivity contribution in [2.45, 2.75) is 135 Å². The Morgan fingerprint density at radius 3 is 2.19 bits per heavy atom. The van der Waals surface area contributed by atoms with E-state index >= 15 is 4.79 Å². The number of rotatable bonds is 25. The van der Waals surface area contributed by atoms with Crippen molar-refractivity contribution in [2.75, 3.05) is 40.3 Å². The summed E-state index contributed by atoms with van der Waals surface area (Å²) < 4.78 is 20.8. The summed E-state index contributed by atoms with van der Waals surface area (Å²) >= 11 is 12.9. The van der Waals surface area contributed by atoms with Crippen molar-refractivity contribution < 1.29 is 43.0 Å². The third-order valence-corrected chi connectivity index (χ3v) is 19.8. The highest BCUT2D eigenvalue weighted by molar-refractivity contribution is 6.74. The van der Waals surface area contributed by atoms with Crippen LogP contribution in [0.4, 0.5) is 4.79 Å². The fourth-order valence-corrected chi connectivity index (χ4v) is 10.8. The molecule has 5 aromatic rings. The highest BCUT2D eigenvalue weighted by atomic mass is 35.5. The van der Waals surface area contributed by atoms with Gasteiger partial charge in [0.25, 0.3) is 0 Å². The molecule has 17 nitrogen and oxygen atoms in total. The van der Waals surface area contributed by atoms with Crippen LogP contribution in [0.25, 0.3) is 11.3 Å². The van der Waals surface area contributed by atoms with Gasteiger partial charge in [0.15, 0.2) is 8.32 Å². The highest BCUT2D eigenvalue weighted by Gasteiger charge is 2.43. The summed E-state index contributed by atoms with van der Waals surface area (Å²) in [5, 5.41) is 23.2. The first-order chi connectivity index (χ1) is 38.1. The van der Waals surface area contributed by atoms with Crippen molar-refractivity contribution >= 4 is 61.3 Å². The number of nitrogens with zero attached hydrogens (tertiary/aromatic N) is 4. The van der Waals surface area contributed by atoms with Gasteiger partial charge in [0, 0.05) is 54.4 Å². The molecular formula is C61H82Cl2N8O9Si. The summed E-state index contributed by atoms with van der Waals surface area (Å²) in [5.74, 6) is -1.40. The molecule has 20 heteroatoms. The van der Waals surface area contributed by atoms with E-state index in [1.165, 1.54) is 0 Å². The average Bonchev–Trinajstić information content (AvgIpc) is 3.84. The third-order valence-electron chi connectivity index (χ3n) is 14.8. The zero-order valence-corrected chi connectivity index (χ0v) is 51.3. The number of nitrogens with one attached hydrogen (secondary N) is 4. The number of alkyl carbamates (subject to hydrolysis) is 1. The van der Waals surface area contributed by atoms with E-state index in [1.807, 2.05) is 100 Å². The van der Waals surface area contributed by atoms with Gasteiger partial charge in [-0.3, -0.25) is 19.2 Å². The molecule has 4 atom stereocenters. The Hall–Kier alpha value is -6.28. The van der Waals surface area contributed by atoms with Gasteiger partial charge in [0.05, 0.1) is 49.0 Å². The van der Waals surface area contributed by atoms with Crippen molar-refractivity contribution in [1.29, 1.82) is 0 Å². The summed E-state index contributed by atoms with van der Waals surface area (Å²) in [6.07, 6.45) is 2.41. The number of halogens is 2. The van der Waals surface area contributed by atoms with Gasteiger partial charge < -0.3 is 54.6 Å². The van der Waals surface area contributed by atoms with Crippen LogP contribution in [0.5, 0.6) is 11.5 Å². The summed E-state index contributed by atoms with van der Waals surface area (Å²) in [6, 6.07) is 27.3. The standard InChI is InChI=1S/C61H82Cl2N8O9Si/c1-59(2,3)80-58(77)64-30-28-49(65-36-44-20-25-47(63)34-52(44)79-48-26-21-43(22-27-48)51-37-66-53(70(51)9)38-69(7)8)55(74)67-50(39-78-81(10,11)60(4,5)6)56(75)68-61(35-42-18-23-46(62)24-19-42)29-15-31-71(40-61)57(76)45(33-54(72)73)32-41-16-13-12-14-17-41/h12-14,16-27,34,37,45,49-50,65H,15,28-33,35-36,38-40H2,1-11H3,(H,64,77)(H,67,74)(H,68,75)(H,72,73)/t45-,49+,50+,61-/m1/s1. The van der Waals surface area contributed by atoms with E-state index in [1.54, 1.807) is 49.9 Å². The number of carboxylic acids is 1. The van der Waals surface area contributed by atoms with Gasteiger partial charge in [-0.1, -0.05) is 92.5 Å². The first kappa shape index (κ1) is 63.9. The van der Waals surface area contributed by atoms with Gasteiger partial charge in [-0.2, -0.15) is 0 Å². The summed E-state index contributed by atoms with van der Waals surface area (Å²) in [7, 11) is 3.44. The number of benzene rings is 4. The number of hydrogen-bond donors (Lipinski definition) is 5. The molecule has 1 aromatic heterocycles. The van der Waals surface area contributed by atoms with Crippen molar-refractivity contribution in [1.82, 2.24) is 40.6 Å². The lowest BCUT2D eigenvalue weighted by Crippen LogP contribution is -2.65. The Morgan fingerprint density at radius 2 is 1.54 bits per heavy atom. The second-order valence-corrected chi connectivity index (χ2v) is 29.6. The van der Waals surface area contributed by atoms with Crippen LogP contribution in [-0.4, -0.2) is 126 Å². The zero-order valence-electron chi connectivity index (χ0n) is 48.8. The van der Waals surface area contributed by atoms with Crippen LogP contribution in [0.2, 0.25) is 28.2 Å². The predicted molar refractivity (Wildman–Crippen MR) is 320 cm³/mol. The molecule has 1 aliphatic rings. The molecule has 81 heavy (non-hydrogen) atoms. The molecule has 0 unspecified atom stereocenters. The molecule has 0 spiro atoms. The van der Waals surface area contributed by atoms with Gasteiger partial charge in [-0.25, -0.2) is 9.78 Å². The molecule has 0 radical (unpaired) electrons. The monoisotopic (exact) mass is 1170 g/mol. The van der Waals surface area contributed by atoms with Gasteiger partial charge in [0.2, 0.25) is 17.7 Å². The fourth-order valence-electron chi connectivity index (χ4n) is 9.46. The largest absolute Gasteiger partial charge is 0.481 e. The van der Waals surface area contributed by atoms with Crippen molar-refractivity contribution in [3.63, 3.8) is 0 Å². The Balaban J connectivity index is 1.29. The second-order valence-electron chi connectivity index (χ2n) is 23.9. The van der Waals surface area contributed by atoms with Crippen LogP contribution in [0.1, 0.15) is 89.7 Å². The van der Waals surface area contributed by atoms with Gasteiger partial charge in [-0.15, -0.1) is 0 Å². The minimum absolute atomic E-state index is 0.0299. The van der Waals surface area contributed by atoms with Gasteiger partial charge in [-0.05, 0) is 145 Å². The molecule has 1 saturated heterocycles. The number of amides is 4. The number of ether oxygens (including phenoxy) is 2. The van der Waals surface area contributed by atoms with E-state index in [2.05, 4.69) is 69.6 Å². The minimum Gasteiger partial charge on any atom is -0.481 e. The minimum atomic E-state index is -2.55. The molecule has 2 heterocycles. The van der Waals surface area contributed by atoms with E-state index in [0.29, 0.717) is 59.5 Å². The predicted octanol–water partition coefficient (Wildman–Crippen LogP) is 10.2. The number of carbonyl (C=O) groups is 5. The molecule has 0 bridgehead atoms. The number of hydrogen-bond acceptors (Lipinski definition) is 11. The number of carbonyl (C=O) groups excluding carboxylic acids is 4. The topological polar surface area (TPSA) is 206 Å². The first-order valence-electron chi connectivity index (χ1n) is 27.6. The Bertz CT molecular complexity index is 2930. The van der Waals surface area contributed by atoms with Crippen molar-refractivity contribution in [3.8, 4) is 22.8 Å². The maximum Gasteiger partial charge on any atom is 0.407 e. The Labute approximate surface area is 488 Å². The number of piperidine rings is 1. The highest BCUT2D eigenvalue weighted by Crippen LogP contribution is 2.37. The summed E-state index contributed by atoms with van der Waals surface area (Å²) in [5.41, 5.74) is 2.44. The maximum absolute atomic E-state index is 15.3. The molecule has 0 aliphatic carbocycles. The number of imidazole rings is 1. The van der Waals surface area contributed by atoms with Crippen LogP contribution in [0.3, 0.4) is 0 Å². The number of carboxylic acid groups (broad SMARTS) is 1. The molecule has 0 saturated carbocycles. The lowest BCUT2D eigenvalue weighted by atomic mass is 9.82.